The van der Waals surface area contributed by atoms with Crippen LogP contribution in [-0.4, -0.2) is 44.0 Å². The van der Waals surface area contributed by atoms with Gasteiger partial charge in [0.2, 0.25) is 0 Å². The molecular weight excluding hydrogens is 242 g/mol. The summed E-state index contributed by atoms with van der Waals surface area (Å²) in [5.41, 5.74) is 1.06. The Kier molecular flexibility index (Phi) is 5.49. The minimum absolute atomic E-state index is 0.0740. The lowest BCUT2D eigenvalue weighted by molar-refractivity contribution is 0.104. The van der Waals surface area contributed by atoms with Gasteiger partial charge in [-0.3, -0.25) is 0 Å². The standard InChI is InChI=1S/C15H25NO3/c1-12(2)16-10-14(17)11-19-15-6-4-13(5-7-15)8-9-18-3/h4-7,12,14,16-17H,8-11H2,1-3H3/i11D2,12D. The summed E-state index contributed by atoms with van der Waals surface area (Å²) in [7, 11) is 1.64. The van der Waals surface area contributed by atoms with Crippen LogP contribution in [0.25, 0.3) is 0 Å². The largest absolute Gasteiger partial charge is 0.491 e. The minimum atomic E-state index is -2.24. The summed E-state index contributed by atoms with van der Waals surface area (Å²) in [6.07, 6.45) is -0.611. The molecule has 108 valence electrons. The minimum Gasteiger partial charge on any atom is -0.491 e. The predicted octanol–water partition coefficient (Wildman–Crippen LogP) is 1.61. The Bertz CT molecular complexity index is 446. The quantitative estimate of drug-likeness (QED) is 0.716. The van der Waals surface area contributed by atoms with Crippen LogP contribution in [0.15, 0.2) is 24.3 Å². The summed E-state index contributed by atoms with van der Waals surface area (Å²) in [4.78, 5) is 0. The van der Waals surface area contributed by atoms with Crippen molar-refractivity contribution in [1.29, 1.82) is 0 Å². The Morgan fingerprint density at radius 3 is 2.63 bits per heavy atom. The number of rotatable bonds is 9. The Morgan fingerprint density at radius 1 is 1.37 bits per heavy atom. The Hall–Kier alpha value is -1.10. The molecule has 0 spiro atoms. The number of ether oxygens (including phenoxy) is 2. The highest BCUT2D eigenvalue weighted by Crippen LogP contribution is 2.12. The fourth-order valence-corrected chi connectivity index (χ4v) is 1.42. The van der Waals surface area contributed by atoms with Crippen molar-refractivity contribution < 1.29 is 18.7 Å². The van der Waals surface area contributed by atoms with E-state index >= 15 is 0 Å². The first kappa shape index (κ1) is 11.7. The van der Waals surface area contributed by atoms with Crippen molar-refractivity contribution in [3.05, 3.63) is 29.8 Å². The van der Waals surface area contributed by atoms with Gasteiger partial charge in [-0.25, -0.2) is 0 Å². The van der Waals surface area contributed by atoms with Crippen LogP contribution in [0.4, 0.5) is 0 Å². The molecule has 1 aromatic rings. The van der Waals surface area contributed by atoms with E-state index in [0.29, 0.717) is 12.4 Å². The average Bonchev–Trinajstić information content (AvgIpc) is 2.42. The monoisotopic (exact) mass is 270 g/mol. The maximum atomic E-state index is 9.91. The van der Waals surface area contributed by atoms with Crippen LogP contribution in [0.3, 0.4) is 0 Å². The van der Waals surface area contributed by atoms with E-state index in [2.05, 4.69) is 5.32 Å². The molecule has 0 bridgehead atoms. The number of methoxy groups -OCH3 is 1. The van der Waals surface area contributed by atoms with Gasteiger partial charge in [0.05, 0.1) is 9.35 Å². The fourth-order valence-electron chi connectivity index (χ4n) is 1.42. The zero-order valence-electron chi connectivity index (χ0n) is 14.8. The third kappa shape index (κ3) is 7.15. The van der Waals surface area contributed by atoms with E-state index in [1.165, 1.54) is 0 Å². The molecule has 19 heavy (non-hydrogen) atoms. The maximum Gasteiger partial charge on any atom is 0.119 e. The maximum absolute atomic E-state index is 9.91. The van der Waals surface area contributed by atoms with Gasteiger partial charge in [-0.2, -0.15) is 0 Å². The molecule has 0 aliphatic carbocycles. The number of nitrogens with one attached hydrogen (secondary N) is 1. The molecule has 0 saturated heterocycles. The SMILES string of the molecule is [2H]C(C)(C)NCC(O)C([2H])([2H])Oc1ccc(CCOC)cc1. The fraction of sp³-hybridized carbons (Fsp3) is 0.600. The number of aliphatic hydroxyl groups excluding tert-OH is 1. The van der Waals surface area contributed by atoms with E-state index in [4.69, 9.17) is 13.6 Å². The lowest BCUT2D eigenvalue weighted by Crippen LogP contribution is -2.35. The number of aliphatic hydroxyl groups is 1. The second-order valence-electron chi connectivity index (χ2n) is 4.50. The topological polar surface area (TPSA) is 50.7 Å². The van der Waals surface area contributed by atoms with Crippen LogP contribution < -0.4 is 10.1 Å². The van der Waals surface area contributed by atoms with Gasteiger partial charge in [-0.05, 0) is 24.1 Å². The van der Waals surface area contributed by atoms with Crippen molar-refractivity contribution in [1.82, 2.24) is 5.32 Å². The molecular formula is C15H25NO3. The highest BCUT2D eigenvalue weighted by molar-refractivity contribution is 5.27. The zero-order chi connectivity index (χ0) is 16.8. The third-order valence-corrected chi connectivity index (χ3v) is 2.48. The van der Waals surface area contributed by atoms with Gasteiger partial charge in [-0.1, -0.05) is 26.0 Å². The van der Waals surface area contributed by atoms with Crippen LogP contribution >= 0.6 is 0 Å². The molecule has 1 unspecified atom stereocenters. The van der Waals surface area contributed by atoms with Crippen molar-refractivity contribution in [2.75, 3.05) is 26.8 Å². The molecule has 0 heterocycles. The zero-order valence-corrected chi connectivity index (χ0v) is 11.8. The predicted molar refractivity (Wildman–Crippen MR) is 76.7 cm³/mol. The summed E-state index contributed by atoms with van der Waals surface area (Å²) >= 11 is 0. The molecule has 0 radical (unpaired) electrons. The summed E-state index contributed by atoms with van der Waals surface area (Å²) in [6.45, 7) is 1.54. The highest BCUT2D eigenvalue weighted by atomic mass is 16.5. The van der Waals surface area contributed by atoms with Crippen molar-refractivity contribution in [3.63, 3.8) is 0 Å². The summed E-state index contributed by atoms with van der Waals surface area (Å²) in [5.74, 6) is 0.343. The molecule has 0 amide bonds. The van der Waals surface area contributed by atoms with Crippen molar-refractivity contribution in [2.24, 2.45) is 0 Å². The van der Waals surface area contributed by atoms with E-state index < -0.39 is 18.7 Å². The molecule has 0 saturated carbocycles. The van der Waals surface area contributed by atoms with E-state index in [9.17, 15) is 5.11 Å². The van der Waals surface area contributed by atoms with Crippen molar-refractivity contribution >= 4 is 0 Å². The highest BCUT2D eigenvalue weighted by Gasteiger charge is 2.05. The first-order valence-corrected chi connectivity index (χ1v) is 6.34. The molecule has 0 fully saturated rings. The lowest BCUT2D eigenvalue weighted by Gasteiger charge is -2.15. The second-order valence-corrected chi connectivity index (χ2v) is 4.50. The third-order valence-electron chi connectivity index (χ3n) is 2.48. The van der Waals surface area contributed by atoms with Gasteiger partial charge in [0.1, 0.15) is 18.4 Å². The van der Waals surface area contributed by atoms with Gasteiger partial charge >= 0.3 is 0 Å². The summed E-state index contributed by atoms with van der Waals surface area (Å²) < 4.78 is 33.5. The van der Waals surface area contributed by atoms with Crippen molar-refractivity contribution in [3.8, 4) is 5.75 Å². The molecule has 1 aromatic carbocycles. The summed E-state index contributed by atoms with van der Waals surface area (Å²) in [6, 6.07) is 6.05. The number of benzene rings is 1. The van der Waals surface area contributed by atoms with Gasteiger partial charge in [0.15, 0.2) is 0 Å². The van der Waals surface area contributed by atoms with Crippen LogP contribution in [0.2, 0.25) is 0 Å². The van der Waals surface area contributed by atoms with E-state index in [0.717, 1.165) is 12.0 Å². The molecule has 1 rings (SSSR count). The molecule has 0 aliphatic heterocycles. The van der Waals surface area contributed by atoms with Crippen LogP contribution in [0.1, 0.15) is 23.5 Å². The molecule has 1 atom stereocenters. The number of hydrogen-bond acceptors (Lipinski definition) is 4. The van der Waals surface area contributed by atoms with Gasteiger partial charge < -0.3 is 19.9 Å². The van der Waals surface area contributed by atoms with Crippen LogP contribution in [0, 0.1) is 0 Å². The van der Waals surface area contributed by atoms with E-state index in [1.54, 1.807) is 33.1 Å². The molecule has 4 heteroatoms. The number of hydrogen-bond donors (Lipinski definition) is 2. The van der Waals surface area contributed by atoms with Gasteiger partial charge in [0.25, 0.3) is 0 Å². The normalized spacial score (nSPS) is 16.3. The van der Waals surface area contributed by atoms with Crippen molar-refractivity contribution in [2.45, 2.75) is 32.4 Å². The van der Waals surface area contributed by atoms with Gasteiger partial charge in [0, 0.05) is 21.0 Å². The molecule has 4 nitrogen and oxygen atoms in total. The van der Waals surface area contributed by atoms with E-state index in [-0.39, 0.29) is 6.54 Å². The lowest BCUT2D eigenvalue weighted by atomic mass is 10.1. The van der Waals surface area contributed by atoms with Crippen LogP contribution in [0.5, 0.6) is 5.75 Å². The Balaban J connectivity index is 2.59. The Morgan fingerprint density at radius 2 is 2.05 bits per heavy atom. The van der Waals surface area contributed by atoms with E-state index in [1.807, 2.05) is 12.1 Å². The second kappa shape index (κ2) is 8.91. The van der Waals surface area contributed by atoms with Gasteiger partial charge in [-0.15, -0.1) is 0 Å². The summed E-state index contributed by atoms with van der Waals surface area (Å²) in [5, 5.41) is 12.6. The van der Waals surface area contributed by atoms with Crippen LogP contribution in [-0.2, 0) is 11.2 Å². The molecule has 0 aliphatic rings. The first-order chi connectivity index (χ1) is 10.1. The first-order valence-electron chi connectivity index (χ1n) is 7.84. The smallest absolute Gasteiger partial charge is 0.119 e. The Labute approximate surface area is 120 Å². The molecule has 0 aromatic heterocycles. The average molecular weight is 270 g/mol. The molecule has 2 N–H and O–H groups in total.